The average molecular weight is 260 g/mol. The van der Waals surface area contributed by atoms with Crippen LogP contribution in [0.5, 0.6) is 5.75 Å². The number of pyridine rings is 1. The monoisotopic (exact) mass is 259 g/mol. The second kappa shape index (κ2) is 4.60. The van der Waals surface area contributed by atoms with Crippen molar-refractivity contribution >= 4 is 29.0 Å². The molecule has 0 unspecified atom stereocenters. The van der Waals surface area contributed by atoms with Crippen molar-refractivity contribution in [1.29, 1.82) is 0 Å². The Hall–Kier alpha value is -0.800. The van der Waals surface area contributed by atoms with Gasteiger partial charge >= 0.3 is 0 Å². The highest BCUT2D eigenvalue weighted by Crippen LogP contribution is 2.36. The number of Topliss-reactive ketones (excluding diaryl/α,β-unsaturated/α-hetero) is 1. The van der Waals surface area contributed by atoms with Gasteiger partial charge in [0.25, 0.3) is 0 Å². The first-order chi connectivity index (χ1) is 7.63. The lowest BCUT2D eigenvalue weighted by Crippen LogP contribution is -2.23. The molecule has 2 rings (SSSR count). The van der Waals surface area contributed by atoms with Gasteiger partial charge in [-0.25, -0.2) is 4.98 Å². The van der Waals surface area contributed by atoms with Crippen LogP contribution in [0.2, 0.25) is 10.3 Å². The molecule has 1 aliphatic rings. The third kappa shape index (κ3) is 2.02. The van der Waals surface area contributed by atoms with Crippen molar-refractivity contribution in [1.82, 2.24) is 4.98 Å². The summed E-state index contributed by atoms with van der Waals surface area (Å²) < 4.78 is 5.12. The molecule has 5 heteroatoms. The molecule has 0 amide bonds. The van der Waals surface area contributed by atoms with Crippen molar-refractivity contribution < 1.29 is 9.53 Å². The second-order valence-electron chi connectivity index (χ2n) is 3.81. The van der Waals surface area contributed by atoms with Gasteiger partial charge in [0.05, 0.1) is 12.7 Å². The lowest BCUT2D eigenvalue weighted by atomic mass is 9.80. The molecule has 0 aromatic carbocycles. The summed E-state index contributed by atoms with van der Waals surface area (Å²) in [7, 11) is 1.49. The molecule has 0 N–H and O–H groups in total. The summed E-state index contributed by atoms with van der Waals surface area (Å²) in [4.78, 5) is 16.0. The zero-order valence-corrected chi connectivity index (χ0v) is 10.3. The summed E-state index contributed by atoms with van der Waals surface area (Å²) in [5.41, 5.74) is 0.360. The topological polar surface area (TPSA) is 39.2 Å². The summed E-state index contributed by atoms with van der Waals surface area (Å²) in [6.45, 7) is 0. The van der Waals surface area contributed by atoms with Crippen LogP contribution in [0, 0.1) is 5.92 Å². The highest BCUT2D eigenvalue weighted by molar-refractivity contribution is 6.35. The number of nitrogens with zero attached hydrogens (tertiary/aromatic N) is 1. The second-order valence-corrected chi connectivity index (χ2v) is 4.55. The number of hydrogen-bond donors (Lipinski definition) is 0. The molecule has 3 nitrogen and oxygen atoms in total. The number of hydrogen-bond acceptors (Lipinski definition) is 3. The Balaban J connectivity index is 2.41. The van der Waals surface area contributed by atoms with Crippen LogP contribution in [-0.2, 0) is 0 Å². The number of halogens is 2. The number of ether oxygens (including phenoxy) is 1. The number of carbonyl (C=O) groups excluding carboxylic acids is 1. The lowest BCUT2D eigenvalue weighted by Gasteiger charge is -2.24. The molecule has 1 saturated carbocycles. The van der Waals surface area contributed by atoms with Gasteiger partial charge in [-0.2, -0.15) is 0 Å². The van der Waals surface area contributed by atoms with Crippen molar-refractivity contribution in [3.8, 4) is 5.75 Å². The number of rotatable bonds is 3. The molecule has 0 atom stereocenters. The van der Waals surface area contributed by atoms with Crippen LogP contribution in [0.4, 0.5) is 0 Å². The minimum atomic E-state index is 0.0114. The molecule has 0 bridgehead atoms. The Morgan fingerprint density at radius 2 is 2.19 bits per heavy atom. The van der Waals surface area contributed by atoms with Crippen LogP contribution in [0.1, 0.15) is 29.6 Å². The molecule has 0 aliphatic heterocycles. The molecule has 1 aliphatic carbocycles. The van der Waals surface area contributed by atoms with Crippen LogP contribution in [0.15, 0.2) is 6.07 Å². The first-order valence-corrected chi connectivity index (χ1v) is 5.83. The van der Waals surface area contributed by atoms with E-state index in [9.17, 15) is 4.79 Å². The zero-order valence-electron chi connectivity index (χ0n) is 8.80. The summed E-state index contributed by atoms with van der Waals surface area (Å²) in [5, 5.41) is 0.355. The molecule has 86 valence electrons. The van der Waals surface area contributed by atoms with E-state index in [1.807, 2.05) is 0 Å². The molecule has 1 fully saturated rings. The molecule has 1 aromatic heterocycles. The third-order valence-electron chi connectivity index (χ3n) is 2.85. The molecule has 0 saturated heterocycles. The number of methoxy groups -OCH3 is 1. The van der Waals surface area contributed by atoms with Crippen molar-refractivity contribution in [2.45, 2.75) is 19.3 Å². The van der Waals surface area contributed by atoms with Crippen molar-refractivity contribution in [3.05, 3.63) is 21.9 Å². The van der Waals surface area contributed by atoms with Crippen molar-refractivity contribution in [2.75, 3.05) is 7.11 Å². The molecule has 0 radical (unpaired) electrons. The zero-order chi connectivity index (χ0) is 11.7. The fourth-order valence-electron chi connectivity index (χ4n) is 1.72. The van der Waals surface area contributed by atoms with E-state index in [0.29, 0.717) is 11.3 Å². The largest absolute Gasteiger partial charge is 0.496 e. The van der Waals surface area contributed by atoms with E-state index >= 15 is 0 Å². The van der Waals surface area contributed by atoms with Crippen LogP contribution in [-0.4, -0.2) is 17.9 Å². The van der Waals surface area contributed by atoms with Gasteiger partial charge in [-0.05, 0) is 12.8 Å². The normalized spacial score (nSPS) is 15.7. The smallest absolute Gasteiger partial charge is 0.172 e. The third-order valence-corrected chi connectivity index (χ3v) is 3.32. The summed E-state index contributed by atoms with van der Waals surface area (Å²) in [6, 6.07) is 1.51. The molecular formula is C11H11Cl2NO2. The van der Waals surface area contributed by atoms with Crippen LogP contribution >= 0.6 is 23.2 Å². The van der Waals surface area contributed by atoms with E-state index in [1.165, 1.54) is 13.2 Å². The maximum atomic E-state index is 12.1. The van der Waals surface area contributed by atoms with Gasteiger partial charge in [0.1, 0.15) is 16.1 Å². The highest BCUT2D eigenvalue weighted by Gasteiger charge is 2.30. The maximum absolute atomic E-state index is 12.1. The summed E-state index contributed by atoms with van der Waals surface area (Å²) in [6.07, 6.45) is 2.93. The number of aromatic nitrogens is 1. The number of carbonyl (C=O) groups is 1. The first-order valence-electron chi connectivity index (χ1n) is 5.07. The van der Waals surface area contributed by atoms with E-state index in [4.69, 9.17) is 27.9 Å². The predicted molar refractivity (Wildman–Crippen MR) is 62.5 cm³/mol. The van der Waals surface area contributed by atoms with Gasteiger partial charge in [-0.1, -0.05) is 29.6 Å². The lowest BCUT2D eigenvalue weighted by molar-refractivity contribution is 0.0852. The van der Waals surface area contributed by atoms with Gasteiger partial charge in [-0.15, -0.1) is 0 Å². The van der Waals surface area contributed by atoms with E-state index in [2.05, 4.69) is 4.98 Å². The Morgan fingerprint density at radius 1 is 1.50 bits per heavy atom. The van der Waals surface area contributed by atoms with Crippen molar-refractivity contribution in [2.24, 2.45) is 5.92 Å². The number of ketones is 1. The summed E-state index contributed by atoms with van der Waals surface area (Å²) >= 11 is 11.7. The van der Waals surface area contributed by atoms with Crippen LogP contribution < -0.4 is 4.74 Å². The minimum absolute atomic E-state index is 0.0114. The van der Waals surface area contributed by atoms with E-state index < -0.39 is 0 Å². The highest BCUT2D eigenvalue weighted by atomic mass is 35.5. The minimum Gasteiger partial charge on any atom is -0.496 e. The standard InChI is InChI=1S/C11H11Cl2NO2/c1-16-7-5-8(12)14-11(13)9(7)10(15)6-3-2-4-6/h5-6H,2-4H2,1H3. The summed E-state index contributed by atoms with van der Waals surface area (Å²) in [5.74, 6) is 0.480. The molecule has 1 heterocycles. The predicted octanol–water partition coefficient (Wildman–Crippen LogP) is 3.38. The van der Waals surface area contributed by atoms with Crippen molar-refractivity contribution in [3.63, 3.8) is 0 Å². The fraction of sp³-hybridized carbons (Fsp3) is 0.455. The molecular weight excluding hydrogens is 249 g/mol. The molecule has 1 aromatic rings. The Morgan fingerprint density at radius 3 is 2.69 bits per heavy atom. The van der Waals surface area contributed by atoms with Gasteiger partial charge < -0.3 is 4.74 Å². The Bertz CT molecular complexity index is 430. The first kappa shape index (κ1) is 11.7. The van der Waals surface area contributed by atoms with Gasteiger partial charge in [0.2, 0.25) is 0 Å². The van der Waals surface area contributed by atoms with E-state index in [-0.39, 0.29) is 22.0 Å². The average Bonchev–Trinajstić information content (AvgIpc) is 2.13. The van der Waals surface area contributed by atoms with E-state index in [1.54, 1.807) is 0 Å². The molecule has 16 heavy (non-hydrogen) atoms. The van der Waals surface area contributed by atoms with Gasteiger partial charge in [0.15, 0.2) is 5.78 Å². The Kier molecular flexibility index (Phi) is 3.36. The van der Waals surface area contributed by atoms with Crippen LogP contribution in [0.3, 0.4) is 0 Å². The van der Waals surface area contributed by atoms with E-state index in [0.717, 1.165) is 19.3 Å². The van der Waals surface area contributed by atoms with Gasteiger partial charge in [-0.3, -0.25) is 4.79 Å². The Labute approximate surface area is 104 Å². The molecule has 0 spiro atoms. The SMILES string of the molecule is COc1cc(Cl)nc(Cl)c1C(=O)C1CCC1. The van der Waals surface area contributed by atoms with Crippen LogP contribution in [0.25, 0.3) is 0 Å². The fourth-order valence-corrected chi connectivity index (χ4v) is 2.23. The van der Waals surface area contributed by atoms with Gasteiger partial charge in [0, 0.05) is 12.0 Å². The quantitative estimate of drug-likeness (QED) is 0.617. The maximum Gasteiger partial charge on any atom is 0.172 e.